The second-order valence-corrected chi connectivity index (χ2v) is 4.02. The van der Waals surface area contributed by atoms with E-state index in [0.717, 1.165) is 12.1 Å². The van der Waals surface area contributed by atoms with E-state index >= 15 is 0 Å². The summed E-state index contributed by atoms with van der Waals surface area (Å²) in [6, 6.07) is 0. The third kappa shape index (κ3) is 4.01. The van der Waals surface area contributed by atoms with E-state index in [4.69, 9.17) is 4.74 Å². The summed E-state index contributed by atoms with van der Waals surface area (Å²) in [6.07, 6.45) is 4.33. The number of hydrogen-bond acceptors (Lipinski definition) is 3. The van der Waals surface area contributed by atoms with Crippen molar-refractivity contribution in [3.63, 3.8) is 0 Å². The topological polar surface area (TPSA) is 47.3 Å². The second-order valence-electron chi connectivity index (χ2n) is 4.02. The van der Waals surface area contributed by atoms with Gasteiger partial charge in [0, 0.05) is 25.8 Å². The standard InChI is InChI=1S/C11H20N2O2/c1-4-13-8-10(7-12-13)6-11(3,14)9-15-5-2/h7-8,14H,4-6,9H2,1-3H3. The summed E-state index contributed by atoms with van der Waals surface area (Å²) < 4.78 is 7.08. The molecule has 1 N–H and O–H groups in total. The summed E-state index contributed by atoms with van der Waals surface area (Å²) in [5.74, 6) is 0. The first kappa shape index (κ1) is 12.2. The lowest BCUT2D eigenvalue weighted by Gasteiger charge is -2.21. The van der Waals surface area contributed by atoms with Crippen molar-refractivity contribution in [3.05, 3.63) is 18.0 Å². The van der Waals surface area contributed by atoms with Crippen molar-refractivity contribution in [2.45, 2.75) is 39.3 Å². The Hall–Kier alpha value is -0.870. The second kappa shape index (κ2) is 5.28. The average Bonchev–Trinajstić information content (AvgIpc) is 2.62. The molecule has 86 valence electrons. The zero-order valence-corrected chi connectivity index (χ0v) is 9.73. The van der Waals surface area contributed by atoms with Crippen LogP contribution in [0.4, 0.5) is 0 Å². The van der Waals surface area contributed by atoms with E-state index in [1.54, 1.807) is 13.1 Å². The number of aryl methyl sites for hydroxylation is 1. The third-order valence-corrected chi connectivity index (χ3v) is 2.21. The molecule has 0 aliphatic heterocycles. The van der Waals surface area contributed by atoms with Gasteiger partial charge in [-0.1, -0.05) is 0 Å². The van der Waals surface area contributed by atoms with Gasteiger partial charge < -0.3 is 9.84 Å². The van der Waals surface area contributed by atoms with Crippen LogP contribution in [-0.2, 0) is 17.7 Å². The van der Waals surface area contributed by atoms with Crippen molar-refractivity contribution >= 4 is 0 Å². The van der Waals surface area contributed by atoms with Crippen molar-refractivity contribution in [1.29, 1.82) is 0 Å². The molecule has 1 unspecified atom stereocenters. The lowest BCUT2D eigenvalue weighted by molar-refractivity contribution is -0.0296. The van der Waals surface area contributed by atoms with Gasteiger partial charge >= 0.3 is 0 Å². The molecule has 4 heteroatoms. The summed E-state index contributed by atoms with van der Waals surface area (Å²) in [4.78, 5) is 0. The zero-order chi connectivity index (χ0) is 11.3. The van der Waals surface area contributed by atoms with E-state index in [-0.39, 0.29) is 0 Å². The quantitative estimate of drug-likeness (QED) is 0.771. The smallest absolute Gasteiger partial charge is 0.0893 e. The highest BCUT2D eigenvalue weighted by Crippen LogP contribution is 2.13. The van der Waals surface area contributed by atoms with Gasteiger partial charge in [0.05, 0.1) is 18.4 Å². The van der Waals surface area contributed by atoms with Crippen LogP contribution < -0.4 is 0 Å². The van der Waals surface area contributed by atoms with Crippen LogP contribution in [-0.4, -0.2) is 33.7 Å². The first-order valence-corrected chi connectivity index (χ1v) is 5.39. The van der Waals surface area contributed by atoms with Crippen molar-refractivity contribution in [1.82, 2.24) is 9.78 Å². The number of ether oxygens (including phenoxy) is 1. The van der Waals surface area contributed by atoms with E-state index in [9.17, 15) is 5.11 Å². The van der Waals surface area contributed by atoms with Crippen LogP contribution >= 0.6 is 0 Å². The van der Waals surface area contributed by atoms with E-state index < -0.39 is 5.60 Å². The number of aromatic nitrogens is 2. The first-order chi connectivity index (χ1) is 7.07. The molecule has 1 atom stereocenters. The number of aliphatic hydroxyl groups is 1. The van der Waals surface area contributed by atoms with Gasteiger partial charge in [-0.25, -0.2) is 0 Å². The van der Waals surface area contributed by atoms with Crippen LogP contribution in [0.15, 0.2) is 12.4 Å². The van der Waals surface area contributed by atoms with Crippen molar-refractivity contribution in [3.8, 4) is 0 Å². The Bertz CT molecular complexity index is 295. The van der Waals surface area contributed by atoms with Crippen molar-refractivity contribution in [2.24, 2.45) is 0 Å². The highest BCUT2D eigenvalue weighted by atomic mass is 16.5. The maximum absolute atomic E-state index is 10.0. The molecule has 0 aliphatic rings. The highest BCUT2D eigenvalue weighted by molar-refractivity contribution is 5.07. The molecule has 15 heavy (non-hydrogen) atoms. The molecule has 1 rings (SSSR count). The van der Waals surface area contributed by atoms with Gasteiger partial charge in [-0.2, -0.15) is 5.10 Å². The van der Waals surface area contributed by atoms with Gasteiger partial charge in [0.25, 0.3) is 0 Å². The number of hydrogen-bond donors (Lipinski definition) is 1. The highest BCUT2D eigenvalue weighted by Gasteiger charge is 2.21. The van der Waals surface area contributed by atoms with Crippen LogP contribution in [0.25, 0.3) is 0 Å². The van der Waals surface area contributed by atoms with Gasteiger partial charge in [0.15, 0.2) is 0 Å². The molecule has 0 aromatic carbocycles. The fourth-order valence-corrected chi connectivity index (χ4v) is 1.48. The minimum Gasteiger partial charge on any atom is -0.387 e. The molecule has 0 bridgehead atoms. The molecular formula is C11H20N2O2. The summed E-state index contributed by atoms with van der Waals surface area (Å²) in [6.45, 7) is 7.59. The maximum Gasteiger partial charge on any atom is 0.0893 e. The number of nitrogens with zero attached hydrogens (tertiary/aromatic N) is 2. The van der Waals surface area contributed by atoms with Crippen LogP contribution in [0, 0.1) is 0 Å². The van der Waals surface area contributed by atoms with E-state index in [2.05, 4.69) is 5.10 Å². The molecule has 0 amide bonds. The lowest BCUT2D eigenvalue weighted by atomic mass is 10.00. The maximum atomic E-state index is 10.0. The number of rotatable bonds is 6. The zero-order valence-electron chi connectivity index (χ0n) is 9.73. The molecule has 0 saturated carbocycles. The average molecular weight is 212 g/mol. The van der Waals surface area contributed by atoms with E-state index in [1.807, 2.05) is 24.7 Å². The molecule has 0 spiro atoms. The molecule has 0 radical (unpaired) electrons. The minimum atomic E-state index is -0.808. The van der Waals surface area contributed by atoms with Crippen LogP contribution in [0.1, 0.15) is 26.3 Å². The SMILES string of the molecule is CCOCC(C)(O)Cc1cnn(CC)c1. The first-order valence-electron chi connectivity index (χ1n) is 5.39. The molecule has 4 nitrogen and oxygen atoms in total. The molecule has 1 aromatic heterocycles. The fourth-order valence-electron chi connectivity index (χ4n) is 1.48. The fraction of sp³-hybridized carbons (Fsp3) is 0.727. The van der Waals surface area contributed by atoms with Crippen molar-refractivity contribution in [2.75, 3.05) is 13.2 Å². The monoisotopic (exact) mass is 212 g/mol. The molecule has 1 aromatic rings. The van der Waals surface area contributed by atoms with Crippen LogP contribution in [0.2, 0.25) is 0 Å². The Morgan fingerprint density at radius 2 is 2.27 bits per heavy atom. The predicted octanol–water partition coefficient (Wildman–Crippen LogP) is 1.23. The van der Waals surface area contributed by atoms with Gasteiger partial charge in [-0.05, 0) is 26.3 Å². The summed E-state index contributed by atoms with van der Waals surface area (Å²) in [7, 11) is 0. The normalized spacial score (nSPS) is 15.2. The largest absolute Gasteiger partial charge is 0.387 e. The predicted molar refractivity (Wildman–Crippen MR) is 58.7 cm³/mol. The van der Waals surface area contributed by atoms with Crippen molar-refractivity contribution < 1.29 is 9.84 Å². The Morgan fingerprint density at radius 3 is 2.80 bits per heavy atom. The van der Waals surface area contributed by atoms with E-state index in [0.29, 0.717) is 19.6 Å². The molecular weight excluding hydrogens is 192 g/mol. The van der Waals surface area contributed by atoms with E-state index in [1.165, 1.54) is 0 Å². The molecule has 0 aliphatic carbocycles. The molecule has 0 fully saturated rings. The third-order valence-electron chi connectivity index (χ3n) is 2.21. The Balaban J connectivity index is 2.52. The van der Waals surface area contributed by atoms with Gasteiger partial charge in [0.1, 0.15) is 0 Å². The molecule has 1 heterocycles. The summed E-state index contributed by atoms with van der Waals surface area (Å²) >= 11 is 0. The Kier molecular flexibility index (Phi) is 4.29. The van der Waals surface area contributed by atoms with Crippen LogP contribution in [0.5, 0.6) is 0 Å². The summed E-state index contributed by atoms with van der Waals surface area (Å²) in [5.41, 5.74) is 0.235. The van der Waals surface area contributed by atoms with Gasteiger partial charge in [-0.15, -0.1) is 0 Å². The Labute approximate surface area is 90.9 Å². The summed E-state index contributed by atoms with van der Waals surface area (Å²) in [5, 5.41) is 14.2. The van der Waals surface area contributed by atoms with Gasteiger partial charge in [0.2, 0.25) is 0 Å². The lowest BCUT2D eigenvalue weighted by Crippen LogP contribution is -2.33. The molecule has 0 saturated heterocycles. The van der Waals surface area contributed by atoms with Gasteiger partial charge in [-0.3, -0.25) is 4.68 Å². The van der Waals surface area contributed by atoms with Crippen LogP contribution in [0.3, 0.4) is 0 Å². The Morgan fingerprint density at radius 1 is 1.53 bits per heavy atom. The minimum absolute atomic E-state index is 0.362.